The van der Waals surface area contributed by atoms with E-state index in [4.69, 9.17) is 14.2 Å². The number of unbranched alkanes of at least 4 members (excludes halogenated alkanes) is 9. The minimum absolute atomic E-state index is 0.0816. The van der Waals surface area contributed by atoms with Gasteiger partial charge in [-0.05, 0) is 132 Å². The maximum Gasteiger partial charge on any atom is 0.309 e. The lowest BCUT2D eigenvalue weighted by molar-refractivity contribution is -0.156. The molecule has 1 atom stereocenters. The first-order valence-electron chi connectivity index (χ1n) is 22.5. The molecule has 1 unspecified atom stereocenters. The fraction of sp³-hybridized carbons (Fsp3) is 0.729. The van der Waals surface area contributed by atoms with Gasteiger partial charge in [0.1, 0.15) is 19.8 Å². The quantitative estimate of drug-likeness (QED) is 0.0402. The number of benzene rings is 1. The molecule has 1 aromatic rings. The Hall–Kier alpha value is -3.09. The number of para-hydroxylation sites is 1. The van der Waals surface area contributed by atoms with Crippen LogP contribution in [0.15, 0.2) is 54.6 Å². The van der Waals surface area contributed by atoms with Gasteiger partial charge in [-0.15, -0.1) is 0 Å². The summed E-state index contributed by atoms with van der Waals surface area (Å²) < 4.78 is 17.3. The first kappa shape index (κ1) is 43.0. The van der Waals surface area contributed by atoms with Gasteiger partial charge in [-0.2, -0.15) is 0 Å². The Morgan fingerprint density at radius 1 is 0.691 bits per heavy atom. The molecule has 4 saturated carbocycles. The number of hydrogen-bond acceptors (Lipinski definition) is 7. The topological polar surface area (TPSA) is 82.1 Å². The van der Waals surface area contributed by atoms with E-state index in [1.54, 1.807) is 0 Å². The van der Waals surface area contributed by atoms with Gasteiger partial charge in [-0.1, -0.05) is 88.0 Å². The number of esters is 3. The molecule has 0 amide bonds. The summed E-state index contributed by atoms with van der Waals surface area (Å²) in [6.45, 7) is 4.12. The molecule has 5 aliphatic rings. The molecule has 1 saturated heterocycles. The van der Waals surface area contributed by atoms with Crippen LogP contribution in [0.25, 0.3) is 0 Å². The Kier molecular flexibility index (Phi) is 18.7. The van der Waals surface area contributed by atoms with E-state index in [1.165, 1.54) is 89.2 Å². The fourth-order valence-electron chi connectivity index (χ4n) is 10.3. The summed E-state index contributed by atoms with van der Waals surface area (Å²) in [7, 11) is 0. The number of rotatable bonds is 26. The fourth-order valence-corrected chi connectivity index (χ4v) is 10.3. The van der Waals surface area contributed by atoms with E-state index in [-0.39, 0.29) is 49.6 Å². The molecule has 1 aliphatic heterocycles. The molecule has 0 N–H and O–H groups in total. The molecule has 4 bridgehead atoms. The molecule has 5 fully saturated rings. The number of hydrogen-bond donors (Lipinski definition) is 0. The highest BCUT2D eigenvalue weighted by molar-refractivity contribution is 5.73. The van der Waals surface area contributed by atoms with Crippen molar-refractivity contribution in [2.45, 2.75) is 155 Å². The van der Waals surface area contributed by atoms with Crippen LogP contribution in [-0.2, 0) is 28.6 Å². The normalized spacial score (nSPS) is 24.1. The van der Waals surface area contributed by atoms with E-state index in [1.807, 2.05) is 18.2 Å². The van der Waals surface area contributed by atoms with Gasteiger partial charge >= 0.3 is 17.9 Å². The lowest BCUT2D eigenvalue weighted by Gasteiger charge is -2.57. The predicted octanol–water partition coefficient (Wildman–Crippen LogP) is 11.3. The summed E-state index contributed by atoms with van der Waals surface area (Å²) in [6.07, 6.45) is 34.2. The van der Waals surface area contributed by atoms with Crippen LogP contribution in [0.2, 0.25) is 0 Å². The Morgan fingerprint density at radius 2 is 1.24 bits per heavy atom. The van der Waals surface area contributed by atoms with Crippen molar-refractivity contribution in [1.29, 1.82) is 0 Å². The van der Waals surface area contributed by atoms with Crippen LogP contribution in [0.5, 0.6) is 0 Å². The highest BCUT2D eigenvalue weighted by Gasteiger charge is 2.50. The van der Waals surface area contributed by atoms with Gasteiger partial charge in [0.2, 0.25) is 0 Å². The number of carbonyl (C=O) groups is 3. The second-order valence-electron chi connectivity index (χ2n) is 17.7. The molecule has 306 valence electrons. The molecule has 6 rings (SSSR count). The van der Waals surface area contributed by atoms with Gasteiger partial charge in [0, 0.05) is 31.6 Å². The number of ether oxygens (including phenoxy) is 3. The summed E-state index contributed by atoms with van der Waals surface area (Å²) in [5, 5.41) is 0. The van der Waals surface area contributed by atoms with Gasteiger partial charge < -0.3 is 19.1 Å². The lowest BCUT2D eigenvalue weighted by atomic mass is 9.48. The third-order valence-corrected chi connectivity index (χ3v) is 13.0. The minimum atomic E-state index is -0.378. The van der Waals surface area contributed by atoms with Crippen molar-refractivity contribution in [3.8, 4) is 0 Å². The number of anilines is 1. The maximum absolute atomic E-state index is 13.1. The predicted molar refractivity (Wildman–Crippen MR) is 222 cm³/mol. The molecule has 0 spiro atoms. The third-order valence-electron chi connectivity index (χ3n) is 13.0. The molecule has 0 radical (unpaired) electrons. The van der Waals surface area contributed by atoms with Crippen molar-refractivity contribution >= 4 is 23.6 Å². The highest BCUT2D eigenvalue weighted by atomic mass is 16.6. The van der Waals surface area contributed by atoms with Crippen LogP contribution in [0, 0.1) is 35.0 Å². The van der Waals surface area contributed by atoms with E-state index in [0.717, 1.165) is 82.2 Å². The van der Waals surface area contributed by atoms with E-state index >= 15 is 0 Å². The van der Waals surface area contributed by atoms with E-state index in [2.05, 4.69) is 48.3 Å². The van der Waals surface area contributed by atoms with Gasteiger partial charge in [0.05, 0.1) is 11.8 Å². The van der Waals surface area contributed by atoms with Crippen molar-refractivity contribution in [3.05, 3.63) is 54.6 Å². The molecule has 7 heteroatoms. The van der Waals surface area contributed by atoms with E-state index in [9.17, 15) is 14.4 Å². The zero-order chi connectivity index (χ0) is 38.6. The van der Waals surface area contributed by atoms with Crippen LogP contribution < -0.4 is 4.90 Å². The molecule has 55 heavy (non-hydrogen) atoms. The van der Waals surface area contributed by atoms with Gasteiger partial charge in [-0.3, -0.25) is 14.4 Å². The zero-order valence-corrected chi connectivity index (χ0v) is 34.3. The van der Waals surface area contributed by atoms with E-state index < -0.39 is 0 Å². The van der Waals surface area contributed by atoms with Crippen molar-refractivity contribution in [1.82, 2.24) is 0 Å². The second kappa shape index (κ2) is 23.9. The molecular weight excluding hydrogens is 687 g/mol. The Balaban J connectivity index is 0.967. The molecule has 4 aliphatic carbocycles. The first-order valence-corrected chi connectivity index (χ1v) is 22.5. The molecule has 1 aromatic carbocycles. The lowest BCUT2D eigenvalue weighted by Crippen LogP contribution is -2.46. The second-order valence-corrected chi connectivity index (χ2v) is 17.7. The number of nitrogens with zero attached hydrogens (tertiary/aromatic N) is 1. The maximum atomic E-state index is 13.1. The average Bonchev–Trinajstić information content (AvgIpc) is 3.19. The smallest absolute Gasteiger partial charge is 0.309 e. The Labute approximate surface area is 333 Å². The van der Waals surface area contributed by atoms with Crippen LogP contribution in [0.4, 0.5) is 5.69 Å². The number of piperidine rings is 1. The molecular formula is C48H73NO6. The highest BCUT2D eigenvalue weighted by Crippen LogP contribution is 2.61. The van der Waals surface area contributed by atoms with Gasteiger partial charge in [0.15, 0.2) is 0 Å². The summed E-state index contributed by atoms with van der Waals surface area (Å²) in [5.74, 6) is 1.41. The van der Waals surface area contributed by atoms with Crippen LogP contribution in [0.3, 0.4) is 0 Å². The SMILES string of the molecule is CCCCC/C=C\C/C=C\CCCCCCCCC(=O)OCC(COC(=O)CCC12CC3CC(CC(C3)C1)C2)COC(=O)C1CCN(c2ccccc2)CC1. The first-order chi connectivity index (χ1) is 26.9. The molecule has 7 nitrogen and oxygen atoms in total. The molecule has 0 aromatic heterocycles. The standard InChI is InChI=1S/C48H73NO6/c1-2-3-4-5-6-7-8-9-10-11-12-13-14-15-16-20-23-45(50)53-36-42(38-55-47(52)43-25-28-49(29-26-43)44-21-18-17-19-22-44)37-54-46(51)24-27-48-33-39-30-40(34-48)32-41(31-39)35-48/h6-7,9-10,17-19,21-22,39-43H,2-5,8,11-16,20,23-38H2,1H3/b7-6-,10-9-. The third kappa shape index (κ3) is 15.4. The Morgan fingerprint density at radius 3 is 1.85 bits per heavy atom. The van der Waals surface area contributed by atoms with Gasteiger partial charge in [0.25, 0.3) is 0 Å². The largest absolute Gasteiger partial charge is 0.465 e. The number of allylic oxidation sites excluding steroid dienone is 4. The van der Waals surface area contributed by atoms with Gasteiger partial charge in [-0.25, -0.2) is 0 Å². The average molecular weight is 760 g/mol. The van der Waals surface area contributed by atoms with Crippen molar-refractivity contribution < 1.29 is 28.6 Å². The summed E-state index contributed by atoms with van der Waals surface area (Å²) >= 11 is 0. The van der Waals surface area contributed by atoms with Crippen LogP contribution in [-0.4, -0.2) is 50.8 Å². The van der Waals surface area contributed by atoms with Crippen molar-refractivity contribution in [2.75, 3.05) is 37.8 Å². The van der Waals surface area contributed by atoms with Crippen molar-refractivity contribution in [3.63, 3.8) is 0 Å². The van der Waals surface area contributed by atoms with Crippen LogP contribution in [0.1, 0.15) is 155 Å². The van der Waals surface area contributed by atoms with Crippen molar-refractivity contribution in [2.24, 2.45) is 35.0 Å². The van der Waals surface area contributed by atoms with E-state index in [0.29, 0.717) is 18.3 Å². The van der Waals surface area contributed by atoms with Crippen LogP contribution >= 0.6 is 0 Å². The summed E-state index contributed by atoms with van der Waals surface area (Å²) in [6, 6.07) is 10.3. The minimum Gasteiger partial charge on any atom is -0.465 e. The molecule has 1 heterocycles. The number of carbonyl (C=O) groups excluding carboxylic acids is 3. The summed E-state index contributed by atoms with van der Waals surface area (Å²) in [5.41, 5.74) is 1.51. The summed E-state index contributed by atoms with van der Waals surface area (Å²) in [4.78, 5) is 41.2. The zero-order valence-electron chi connectivity index (χ0n) is 34.3. The monoisotopic (exact) mass is 760 g/mol. The Bertz CT molecular complexity index is 1300.